The zero-order valence-electron chi connectivity index (χ0n) is 10.4. The number of hydrogen-bond donors (Lipinski definition) is 1. The molecular formula is C16H16N2. The topological polar surface area (TPSA) is 24.4 Å². The summed E-state index contributed by atoms with van der Waals surface area (Å²) in [5.74, 6) is 0. The molecule has 0 atom stereocenters. The third-order valence-corrected chi connectivity index (χ3v) is 2.52. The molecule has 0 radical (unpaired) electrons. The van der Waals surface area contributed by atoms with Crippen LogP contribution in [-0.4, -0.2) is 5.71 Å². The standard InChI is InChI=1S/C16H16N2/c1-13(2)16(14-9-5-3-6-10-14)18-17-15-11-7-4-8-12-15/h3-12,17H,1H2,2H3/b18-16+. The summed E-state index contributed by atoms with van der Waals surface area (Å²) in [6.45, 7) is 5.93. The molecule has 2 nitrogen and oxygen atoms in total. The van der Waals surface area contributed by atoms with Crippen LogP contribution in [0.25, 0.3) is 0 Å². The van der Waals surface area contributed by atoms with Crippen molar-refractivity contribution in [2.24, 2.45) is 5.10 Å². The molecule has 2 aromatic rings. The first-order valence-electron chi connectivity index (χ1n) is 5.87. The molecule has 0 unspecified atom stereocenters. The second-order valence-electron chi connectivity index (χ2n) is 4.08. The smallest absolute Gasteiger partial charge is 0.0928 e. The van der Waals surface area contributed by atoms with E-state index in [1.807, 2.05) is 67.6 Å². The number of benzene rings is 2. The fraction of sp³-hybridized carbons (Fsp3) is 0.0625. The summed E-state index contributed by atoms with van der Waals surface area (Å²) in [5.41, 5.74) is 6.89. The number of allylic oxidation sites excluding steroid dienone is 1. The average molecular weight is 236 g/mol. The largest absolute Gasteiger partial charge is 0.278 e. The van der Waals surface area contributed by atoms with E-state index in [9.17, 15) is 0 Å². The van der Waals surface area contributed by atoms with E-state index in [1.54, 1.807) is 0 Å². The molecule has 0 aliphatic carbocycles. The highest BCUT2D eigenvalue weighted by molar-refractivity contribution is 6.12. The van der Waals surface area contributed by atoms with E-state index < -0.39 is 0 Å². The highest BCUT2D eigenvalue weighted by Crippen LogP contribution is 2.10. The SMILES string of the molecule is C=C(C)/C(=N\Nc1ccccc1)c1ccccc1. The van der Waals surface area contributed by atoms with Gasteiger partial charge in [0.25, 0.3) is 0 Å². The van der Waals surface area contributed by atoms with Crippen molar-refractivity contribution in [3.8, 4) is 0 Å². The van der Waals surface area contributed by atoms with Gasteiger partial charge in [-0.3, -0.25) is 5.43 Å². The van der Waals surface area contributed by atoms with Gasteiger partial charge in [-0.2, -0.15) is 5.10 Å². The molecule has 0 aliphatic heterocycles. The monoisotopic (exact) mass is 236 g/mol. The molecule has 2 rings (SSSR count). The molecule has 2 heteroatoms. The maximum atomic E-state index is 4.43. The minimum absolute atomic E-state index is 0.874. The maximum Gasteiger partial charge on any atom is 0.0928 e. The highest BCUT2D eigenvalue weighted by Gasteiger charge is 2.03. The van der Waals surface area contributed by atoms with Gasteiger partial charge in [-0.05, 0) is 24.6 Å². The van der Waals surface area contributed by atoms with Gasteiger partial charge in [-0.1, -0.05) is 55.1 Å². The van der Waals surface area contributed by atoms with Crippen molar-refractivity contribution in [3.63, 3.8) is 0 Å². The number of para-hydroxylation sites is 1. The molecule has 18 heavy (non-hydrogen) atoms. The zero-order chi connectivity index (χ0) is 12.8. The normalized spacial score (nSPS) is 11.1. The van der Waals surface area contributed by atoms with E-state index in [1.165, 1.54) is 0 Å². The van der Waals surface area contributed by atoms with Gasteiger partial charge in [-0.15, -0.1) is 0 Å². The van der Waals surface area contributed by atoms with Gasteiger partial charge in [0, 0.05) is 5.56 Å². The van der Waals surface area contributed by atoms with Gasteiger partial charge in [0.05, 0.1) is 11.4 Å². The summed E-state index contributed by atoms with van der Waals surface area (Å²) < 4.78 is 0. The maximum absolute atomic E-state index is 4.43. The summed E-state index contributed by atoms with van der Waals surface area (Å²) in [4.78, 5) is 0. The Morgan fingerprint density at radius 3 is 2.06 bits per heavy atom. The molecule has 0 aliphatic rings. The fourth-order valence-corrected chi connectivity index (χ4v) is 1.64. The van der Waals surface area contributed by atoms with Gasteiger partial charge in [0.15, 0.2) is 0 Å². The third kappa shape index (κ3) is 3.08. The fourth-order valence-electron chi connectivity index (χ4n) is 1.64. The van der Waals surface area contributed by atoms with Gasteiger partial charge in [0.1, 0.15) is 0 Å². The Labute approximate surface area is 108 Å². The summed E-state index contributed by atoms with van der Waals surface area (Å²) in [6, 6.07) is 19.9. The summed E-state index contributed by atoms with van der Waals surface area (Å²) in [7, 11) is 0. The van der Waals surface area contributed by atoms with E-state index in [2.05, 4.69) is 17.1 Å². The van der Waals surface area contributed by atoms with Crippen LogP contribution in [0, 0.1) is 0 Å². The lowest BCUT2D eigenvalue weighted by Crippen LogP contribution is -2.05. The van der Waals surface area contributed by atoms with Crippen LogP contribution in [0.1, 0.15) is 12.5 Å². The molecular weight excluding hydrogens is 220 g/mol. The van der Waals surface area contributed by atoms with Gasteiger partial charge >= 0.3 is 0 Å². The van der Waals surface area contributed by atoms with Gasteiger partial charge < -0.3 is 0 Å². The van der Waals surface area contributed by atoms with Crippen LogP contribution in [-0.2, 0) is 0 Å². The minimum Gasteiger partial charge on any atom is -0.278 e. The molecule has 0 aromatic heterocycles. The second kappa shape index (κ2) is 5.82. The molecule has 0 bridgehead atoms. The quantitative estimate of drug-likeness (QED) is 0.627. The Balaban J connectivity index is 2.24. The van der Waals surface area contributed by atoms with Crippen LogP contribution in [0.3, 0.4) is 0 Å². The average Bonchev–Trinajstić information content (AvgIpc) is 2.41. The van der Waals surface area contributed by atoms with Crippen LogP contribution >= 0.6 is 0 Å². The molecule has 0 fully saturated rings. The Bertz CT molecular complexity index is 542. The van der Waals surface area contributed by atoms with E-state index in [4.69, 9.17) is 0 Å². The zero-order valence-corrected chi connectivity index (χ0v) is 10.4. The van der Waals surface area contributed by atoms with Crippen molar-refractivity contribution in [2.75, 3.05) is 5.43 Å². The lowest BCUT2D eigenvalue weighted by Gasteiger charge is -2.07. The first-order chi connectivity index (χ1) is 8.77. The van der Waals surface area contributed by atoms with E-state index >= 15 is 0 Å². The second-order valence-corrected chi connectivity index (χ2v) is 4.08. The van der Waals surface area contributed by atoms with Crippen molar-refractivity contribution in [1.29, 1.82) is 0 Å². The van der Waals surface area contributed by atoms with Crippen LogP contribution in [0.5, 0.6) is 0 Å². The van der Waals surface area contributed by atoms with Crippen LogP contribution in [0.15, 0.2) is 77.9 Å². The van der Waals surface area contributed by atoms with Crippen molar-refractivity contribution in [1.82, 2.24) is 0 Å². The first-order valence-corrected chi connectivity index (χ1v) is 5.87. The van der Waals surface area contributed by atoms with Crippen molar-refractivity contribution < 1.29 is 0 Å². The highest BCUT2D eigenvalue weighted by atomic mass is 15.3. The lowest BCUT2D eigenvalue weighted by atomic mass is 10.1. The summed E-state index contributed by atoms with van der Waals surface area (Å²) >= 11 is 0. The predicted octanol–water partition coefficient (Wildman–Crippen LogP) is 4.08. The number of rotatable bonds is 4. The molecule has 90 valence electrons. The Kier molecular flexibility index (Phi) is 3.92. The molecule has 0 amide bonds. The number of nitrogens with zero attached hydrogens (tertiary/aromatic N) is 1. The lowest BCUT2D eigenvalue weighted by molar-refractivity contribution is 1.32. The molecule has 2 aromatic carbocycles. The van der Waals surface area contributed by atoms with Crippen molar-refractivity contribution in [2.45, 2.75) is 6.92 Å². The minimum atomic E-state index is 0.874. The van der Waals surface area contributed by atoms with Gasteiger partial charge in [0.2, 0.25) is 0 Å². The van der Waals surface area contributed by atoms with E-state index in [0.717, 1.165) is 22.5 Å². The van der Waals surface area contributed by atoms with Crippen molar-refractivity contribution >= 4 is 11.4 Å². The van der Waals surface area contributed by atoms with Crippen LogP contribution in [0.2, 0.25) is 0 Å². The molecule has 1 N–H and O–H groups in total. The molecule has 0 heterocycles. The summed E-state index contributed by atoms with van der Waals surface area (Å²) in [6.07, 6.45) is 0. The van der Waals surface area contributed by atoms with E-state index in [0.29, 0.717) is 0 Å². The van der Waals surface area contributed by atoms with Crippen LogP contribution < -0.4 is 5.43 Å². The molecule has 0 saturated heterocycles. The number of hydrogen-bond acceptors (Lipinski definition) is 2. The van der Waals surface area contributed by atoms with Gasteiger partial charge in [-0.25, -0.2) is 0 Å². The van der Waals surface area contributed by atoms with Crippen molar-refractivity contribution in [3.05, 3.63) is 78.4 Å². The predicted molar refractivity (Wildman–Crippen MR) is 77.9 cm³/mol. The molecule has 0 spiro atoms. The Hall–Kier alpha value is -2.35. The van der Waals surface area contributed by atoms with Crippen LogP contribution in [0.4, 0.5) is 5.69 Å². The number of hydrazone groups is 1. The Morgan fingerprint density at radius 1 is 0.944 bits per heavy atom. The first kappa shape index (κ1) is 12.1. The van der Waals surface area contributed by atoms with E-state index in [-0.39, 0.29) is 0 Å². The summed E-state index contributed by atoms with van der Waals surface area (Å²) in [5, 5.41) is 4.43. The third-order valence-electron chi connectivity index (χ3n) is 2.52. The number of nitrogens with one attached hydrogen (secondary N) is 1. The Morgan fingerprint density at radius 2 is 1.50 bits per heavy atom. The number of anilines is 1. The molecule has 0 saturated carbocycles.